The van der Waals surface area contributed by atoms with Gasteiger partial charge in [-0.25, -0.2) is 0 Å². The number of carbonyl (C=O) groups excluding carboxylic acids is 1. The number of aromatic nitrogens is 2. The van der Waals surface area contributed by atoms with Crippen molar-refractivity contribution in [3.63, 3.8) is 0 Å². The van der Waals surface area contributed by atoms with Gasteiger partial charge in [-0.1, -0.05) is 4.49 Å². The third-order valence-corrected chi connectivity index (χ3v) is 3.16. The Hall–Kier alpha value is -1.01. The maximum atomic E-state index is 11.3. The van der Waals surface area contributed by atoms with Gasteiger partial charge in [0.1, 0.15) is 0 Å². The molecule has 0 aromatic carbocycles. The van der Waals surface area contributed by atoms with Gasteiger partial charge in [-0.15, -0.1) is 5.10 Å². The summed E-state index contributed by atoms with van der Waals surface area (Å²) in [6.45, 7) is 1.53. The molecule has 2 rings (SSSR count). The number of amides is 1. The monoisotopic (exact) mass is 226 g/mol. The lowest BCUT2D eigenvalue weighted by molar-refractivity contribution is -0.132. The van der Waals surface area contributed by atoms with E-state index >= 15 is 0 Å². The van der Waals surface area contributed by atoms with Crippen molar-refractivity contribution in [3.8, 4) is 0 Å². The minimum atomic E-state index is 0.239. The van der Waals surface area contributed by atoms with Crippen LogP contribution in [0.25, 0.3) is 0 Å². The highest BCUT2D eigenvalue weighted by atomic mass is 32.1. The molecule has 5 nitrogen and oxygen atoms in total. The van der Waals surface area contributed by atoms with Crippen molar-refractivity contribution in [2.24, 2.45) is 0 Å². The molecule has 2 heterocycles. The van der Waals surface area contributed by atoms with Crippen molar-refractivity contribution in [2.45, 2.75) is 25.4 Å². The summed E-state index contributed by atoms with van der Waals surface area (Å²) in [7, 11) is 1.85. The maximum absolute atomic E-state index is 11.3. The number of carbonyl (C=O) groups is 1. The molecule has 1 aliphatic heterocycles. The normalized spacial score (nSPS) is 22.1. The molecule has 1 saturated heterocycles. The second-order valence-electron chi connectivity index (χ2n) is 3.79. The first-order valence-electron chi connectivity index (χ1n) is 4.99. The van der Waals surface area contributed by atoms with Gasteiger partial charge in [0.05, 0.1) is 5.69 Å². The highest BCUT2D eigenvalue weighted by Gasteiger charge is 2.22. The van der Waals surface area contributed by atoms with Crippen LogP contribution in [0.5, 0.6) is 0 Å². The summed E-state index contributed by atoms with van der Waals surface area (Å²) in [5.41, 5.74) is 0.972. The van der Waals surface area contributed by atoms with Crippen molar-refractivity contribution in [2.75, 3.05) is 13.6 Å². The van der Waals surface area contributed by atoms with E-state index in [0.717, 1.165) is 25.2 Å². The number of hydrogen-bond donors (Lipinski definition) is 1. The number of hydrogen-bond acceptors (Lipinski definition) is 5. The zero-order valence-electron chi connectivity index (χ0n) is 8.64. The Kier molecular flexibility index (Phi) is 3.27. The van der Waals surface area contributed by atoms with E-state index in [1.807, 2.05) is 12.4 Å². The smallest absolute Gasteiger partial charge is 0.222 e. The predicted molar refractivity (Wildman–Crippen MR) is 57.4 cm³/mol. The van der Waals surface area contributed by atoms with E-state index in [4.69, 9.17) is 0 Å². The van der Waals surface area contributed by atoms with E-state index < -0.39 is 0 Å². The molecule has 1 fully saturated rings. The second kappa shape index (κ2) is 4.67. The predicted octanol–water partition coefficient (Wildman–Crippen LogP) is 0.248. The van der Waals surface area contributed by atoms with Crippen LogP contribution in [-0.4, -0.2) is 40.0 Å². The van der Waals surface area contributed by atoms with Crippen LogP contribution >= 0.6 is 11.5 Å². The fourth-order valence-corrected chi connectivity index (χ4v) is 2.14. The maximum Gasteiger partial charge on any atom is 0.222 e. The molecule has 0 saturated carbocycles. The lowest BCUT2D eigenvalue weighted by atomic mass is 10.1. The number of rotatable bonds is 3. The lowest BCUT2D eigenvalue weighted by Crippen LogP contribution is -2.46. The Morgan fingerprint density at radius 2 is 2.60 bits per heavy atom. The van der Waals surface area contributed by atoms with Crippen LogP contribution in [0.15, 0.2) is 5.38 Å². The molecule has 82 valence electrons. The van der Waals surface area contributed by atoms with Gasteiger partial charge in [0.2, 0.25) is 5.91 Å². The van der Waals surface area contributed by atoms with Crippen LogP contribution in [0, 0.1) is 0 Å². The van der Waals surface area contributed by atoms with Gasteiger partial charge in [0.15, 0.2) is 0 Å². The highest BCUT2D eigenvalue weighted by molar-refractivity contribution is 7.03. The van der Waals surface area contributed by atoms with Crippen molar-refractivity contribution < 1.29 is 4.79 Å². The molecule has 0 radical (unpaired) electrons. The Morgan fingerprint density at radius 3 is 3.27 bits per heavy atom. The van der Waals surface area contributed by atoms with Crippen molar-refractivity contribution >= 4 is 17.4 Å². The summed E-state index contributed by atoms with van der Waals surface area (Å²) in [6, 6.07) is 0.384. The molecular formula is C9H14N4OS. The molecule has 1 aromatic heterocycles. The highest BCUT2D eigenvalue weighted by Crippen LogP contribution is 2.10. The number of piperidine rings is 1. The van der Waals surface area contributed by atoms with Gasteiger partial charge in [0, 0.05) is 38.0 Å². The molecule has 0 spiro atoms. The molecule has 1 aromatic rings. The van der Waals surface area contributed by atoms with Gasteiger partial charge in [-0.05, 0) is 18.0 Å². The number of nitrogens with zero attached hydrogens (tertiary/aromatic N) is 3. The van der Waals surface area contributed by atoms with Crippen molar-refractivity contribution in [1.82, 2.24) is 19.8 Å². The first kappa shape index (κ1) is 10.5. The molecule has 6 heteroatoms. The lowest BCUT2D eigenvalue weighted by Gasteiger charge is -2.30. The van der Waals surface area contributed by atoms with Crippen molar-refractivity contribution in [3.05, 3.63) is 11.1 Å². The Morgan fingerprint density at radius 1 is 1.73 bits per heavy atom. The van der Waals surface area contributed by atoms with E-state index in [0.29, 0.717) is 12.5 Å². The molecule has 1 N–H and O–H groups in total. The molecule has 1 atom stereocenters. The molecule has 1 amide bonds. The van der Waals surface area contributed by atoms with Crippen LogP contribution < -0.4 is 5.32 Å². The Bertz CT molecular complexity index is 327. The summed E-state index contributed by atoms with van der Waals surface area (Å²) < 4.78 is 3.80. The first-order chi connectivity index (χ1) is 7.25. The Labute approximate surface area is 92.6 Å². The average Bonchev–Trinajstić information content (AvgIpc) is 2.73. The Balaban J connectivity index is 1.78. The summed E-state index contributed by atoms with van der Waals surface area (Å²) in [5.74, 6) is 0.239. The number of likely N-dealkylation sites (tertiary alicyclic amines) is 1. The zero-order chi connectivity index (χ0) is 10.7. The minimum absolute atomic E-state index is 0.239. The summed E-state index contributed by atoms with van der Waals surface area (Å²) in [5, 5.41) is 9.28. The van der Waals surface area contributed by atoms with E-state index in [1.165, 1.54) is 11.5 Å². The van der Waals surface area contributed by atoms with E-state index in [1.54, 1.807) is 4.90 Å². The fourth-order valence-electron chi connectivity index (χ4n) is 1.69. The van der Waals surface area contributed by atoms with Gasteiger partial charge in [-0.3, -0.25) is 4.79 Å². The van der Waals surface area contributed by atoms with Crippen LogP contribution in [-0.2, 0) is 11.3 Å². The molecule has 1 aliphatic rings. The van der Waals surface area contributed by atoms with Crippen LogP contribution in [0.2, 0.25) is 0 Å². The zero-order valence-corrected chi connectivity index (χ0v) is 9.46. The summed E-state index contributed by atoms with van der Waals surface area (Å²) >= 11 is 1.36. The van der Waals surface area contributed by atoms with Crippen LogP contribution in [0.1, 0.15) is 18.5 Å². The van der Waals surface area contributed by atoms with Crippen LogP contribution in [0.3, 0.4) is 0 Å². The third kappa shape index (κ3) is 2.73. The molecular weight excluding hydrogens is 212 g/mol. The van der Waals surface area contributed by atoms with Gasteiger partial charge in [0.25, 0.3) is 0 Å². The molecule has 1 unspecified atom stereocenters. The summed E-state index contributed by atoms with van der Waals surface area (Å²) in [4.78, 5) is 13.0. The van der Waals surface area contributed by atoms with Crippen LogP contribution in [0.4, 0.5) is 0 Å². The summed E-state index contributed by atoms with van der Waals surface area (Å²) in [6.07, 6.45) is 1.56. The SMILES string of the molecule is CN1CC(NCc2csnn2)CCC1=O. The standard InChI is InChI=1S/C9H14N4OS/c1-13-5-7(2-3-9(13)14)10-4-8-6-15-12-11-8/h6-7,10H,2-5H2,1H3. The number of likely N-dealkylation sites (N-methyl/N-ethyl adjacent to an activating group) is 1. The van der Waals surface area contributed by atoms with Gasteiger partial charge < -0.3 is 10.2 Å². The first-order valence-corrected chi connectivity index (χ1v) is 5.82. The quantitative estimate of drug-likeness (QED) is 0.802. The van der Waals surface area contributed by atoms with E-state index in [2.05, 4.69) is 14.9 Å². The molecule has 0 bridgehead atoms. The minimum Gasteiger partial charge on any atom is -0.344 e. The number of nitrogens with one attached hydrogen (secondary N) is 1. The average molecular weight is 226 g/mol. The topological polar surface area (TPSA) is 58.1 Å². The molecule has 0 aliphatic carbocycles. The largest absolute Gasteiger partial charge is 0.344 e. The van der Waals surface area contributed by atoms with Gasteiger partial charge >= 0.3 is 0 Å². The van der Waals surface area contributed by atoms with E-state index in [9.17, 15) is 4.79 Å². The van der Waals surface area contributed by atoms with E-state index in [-0.39, 0.29) is 5.91 Å². The fraction of sp³-hybridized carbons (Fsp3) is 0.667. The van der Waals surface area contributed by atoms with Gasteiger partial charge in [-0.2, -0.15) is 0 Å². The molecule has 15 heavy (non-hydrogen) atoms. The second-order valence-corrected chi connectivity index (χ2v) is 4.40. The van der Waals surface area contributed by atoms with Crippen molar-refractivity contribution in [1.29, 1.82) is 0 Å². The third-order valence-electron chi connectivity index (χ3n) is 2.60.